The minimum Gasteiger partial charge on any atom is -0.299 e. The summed E-state index contributed by atoms with van der Waals surface area (Å²) in [5.41, 5.74) is 1.22. The maximum atomic E-state index is 13.1. The van der Waals surface area contributed by atoms with Gasteiger partial charge in [-0.2, -0.15) is 0 Å². The van der Waals surface area contributed by atoms with Crippen LogP contribution < -0.4 is 0 Å². The van der Waals surface area contributed by atoms with Gasteiger partial charge in [0, 0.05) is 10.1 Å². The highest BCUT2D eigenvalue weighted by Gasteiger charge is 2.15. The molecule has 2 rings (SSSR count). The molecule has 1 aliphatic heterocycles. The van der Waals surface area contributed by atoms with Crippen molar-refractivity contribution in [3.63, 3.8) is 0 Å². The molecule has 0 radical (unpaired) electrons. The Labute approximate surface area is 110 Å². The number of piperidine rings is 1. The number of benzene rings is 1. The summed E-state index contributed by atoms with van der Waals surface area (Å²) in [4.78, 5) is 2.46. The van der Waals surface area contributed by atoms with Crippen molar-refractivity contribution in [2.75, 3.05) is 13.1 Å². The van der Waals surface area contributed by atoms with Crippen molar-refractivity contribution in [3.8, 4) is 0 Å². The Hall–Kier alpha value is -0.160. The maximum absolute atomic E-state index is 13.1. The zero-order chi connectivity index (χ0) is 11.5. The lowest BCUT2D eigenvalue weighted by atomic mass is 9.99. The molecule has 1 heterocycles. The Morgan fingerprint density at radius 1 is 1.38 bits per heavy atom. The molecule has 0 unspecified atom stereocenters. The van der Waals surface area contributed by atoms with E-state index in [1.165, 1.54) is 31.5 Å². The monoisotopic (exact) mass is 333 g/mol. The van der Waals surface area contributed by atoms with Crippen molar-refractivity contribution < 1.29 is 4.39 Å². The fraction of sp³-hybridized carbons (Fsp3) is 0.538. The van der Waals surface area contributed by atoms with Gasteiger partial charge in [-0.3, -0.25) is 4.90 Å². The molecule has 0 N–H and O–H groups in total. The van der Waals surface area contributed by atoms with Crippen molar-refractivity contribution in [2.45, 2.75) is 26.3 Å². The Morgan fingerprint density at radius 3 is 2.69 bits per heavy atom. The Balaban J connectivity index is 1.96. The maximum Gasteiger partial charge on any atom is 0.136 e. The van der Waals surface area contributed by atoms with E-state index in [2.05, 4.69) is 34.4 Å². The summed E-state index contributed by atoms with van der Waals surface area (Å²) in [6.45, 7) is 5.63. The van der Waals surface area contributed by atoms with Crippen molar-refractivity contribution in [3.05, 3.63) is 33.1 Å². The van der Waals surface area contributed by atoms with Gasteiger partial charge in [-0.1, -0.05) is 13.0 Å². The average Bonchev–Trinajstić information content (AvgIpc) is 2.27. The molecule has 0 bridgehead atoms. The van der Waals surface area contributed by atoms with Crippen molar-refractivity contribution in [1.82, 2.24) is 4.90 Å². The summed E-state index contributed by atoms with van der Waals surface area (Å²) in [6, 6.07) is 5.42. The molecule has 16 heavy (non-hydrogen) atoms. The minimum atomic E-state index is -0.114. The fourth-order valence-electron chi connectivity index (χ4n) is 2.12. The third-order valence-electron chi connectivity index (χ3n) is 3.27. The lowest BCUT2D eigenvalue weighted by Gasteiger charge is -2.30. The molecule has 1 saturated heterocycles. The minimum absolute atomic E-state index is 0.114. The first-order chi connectivity index (χ1) is 7.65. The van der Waals surface area contributed by atoms with Gasteiger partial charge in [0.2, 0.25) is 0 Å². The van der Waals surface area contributed by atoms with Gasteiger partial charge in [0.1, 0.15) is 5.82 Å². The van der Waals surface area contributed by atoms with Crippen LogP contribution in [-0.2, 0) is 6.54 Å². The lowest BCUT2D eigenvalue weighted by molar-refractivity contribution is 0.185. The second-order valence-electron chi connectivity index (χ2n) is 4.71. The highest BCUT2D eigenvalue weighted by molar-refractivity contribution is 14.1. The largest absolute Gasteiger partial charge is 0.299 e. The molecule has 1 aromatic carbocycles. The van der Waals surface area contributed by atoms with Gasteiger partial charge in [-0.15, -0.1) is 0 Å². The number of hydrogen-bond donors (Lipinski definition) is 0. The predicted octanol–water partition coefficient (Wildman–Crippen LogP) is 3.66. The number of likely N-dealkylation sites (tertiary alicyclic amines) is 1. The standard InChI is InChI=1S/C13H17FIN/c1-10-4-6-16(7-5-10)9-11-2-3-12(14)13(15)8-11/h2-3,8,10H,4-7,9H2,1H3. The molecule has 1 fully saturated rings. The highest BCUT2D eigenvalue weighted by Crippen LogP contribution is 2.19. The van der Waals surface area contributed by atoms with Gasteiger partial charge < -0.3 is 0 Å². The Morgan fingerprint density at radius 2 is 2.06 bits per heavy atom. The molecule has 1 aromatic rings. The molecule has 1 nitrogen and oxygen atoms in total. The number of rotatable bonds is 2. The molecule has 0 aromatic heterocycles. The molecule has 0 amide bonds. The van der Waals surface area contributed by atoms with Gasteiger partial charge in [-0.25, -0.2) is 4.39 Å². The van der Waals surface area contributed by atoms with E-state index in [0.29, 0.717) is 0 Å². The topological polar surface area (TPSA) is 3.24 Å². The number of nitrogens with zero attached hydrogens (tertiary/aromatic N) is 1. The molecular formula is C13H17FIN. The predicted molar refractivity (Wildman–Crippen MR) is 72.8 cm³/mol. The van der Waals surface area contributed by atoms with Gasteiger partial charge in [0.25, 0.3) is 0 Å². The quantitative estimate of drug-likeness (QED) is 0.747. The first-order valence-electron chi connectivity index (χ1n) is 5.81. The molecule has 3 heteroatoms. The van der Waals surface area contributed by atoms with E-state index in [9.17, 15) is 4.39 Å². The normalized spacial score (nSPS) is 18.9. The second kappa shape index (κ2) is 5.45. The zero-order valence-electron chi connectivity index (χ0n) is 9.55. The third kappa shape index (κ3) is 3.17. The summed E-state index contributed by atoms with van der Waals surface area (Å²) in [7, 11) is 0. The van der Waals surface area contributed by atoms with Crippen LogP contribution in [-0.4, -0.2) is 18.0 Å². The Bertz CT molecular complexity index is 359. The summed E-state index contributed by atoms with van der Waals surface area (Å²) >= 11 is 2.05. The van der Waals surface area contributed by atoms with E-state index < -0.39 is 0 Å². The smallest absolute Gasteiger partial charge is 0.136 e. The van der Waals surface area contributed by atoms with E-state index in [1.54, 1.807) is 6.07 Å². The van der Waals surface area contributed by atoms with Crippen molar-refractivity contribution in [2.24, 2.45) is 5.92 Å². The first kappa shape index (κ1) is 12.3. The summed E-state index contributed by atoms with van der Waals surface area (Å²) in [5, 5.41) is 0. The van der Waals surface area contributed by atoms with Crippen molar-refractivity contribution in [1.29, 1.82) is 0 Å². The van der Waals surface area contributed by atoms with E-state index in [4.69, 9.17) is 0 Å². The van der Waals surface area contributed by atoms with Gasteiger partial charge >= 0.3 is 0 Å². The fourth-order valence-corrected chi connectivity index (χ4v) is 2.70. The van der Waals surface area contributed by atoms with Gasteiger partial charge in [-0.05, 0) is 72.1 Å². The molecule has 88 valence electrons. The van der Waals surface area contributed by atoms with E-state index in [1.807, 2.05) is 12.1 Å². The van der Waals surface area contributed by atoms with E-state index in [0.717, 1.165) is 16.0 Å². The molecule has 0 saturated carbocycles. The average molecular weight is 333 g/mol. The van der Waals surface area contributed by atoms with Crippen molar-refractivity contribution >= 4 is 22.6 Å². The van der Waals surface area contributed by atoms with Crippen LogP contribution in [0.25, 0.3) is 0 Å². The molecule has 1 aliphatic rings. The molecular weight excluding hydrogens is 316 g/mol. The SMILES string of the molecule is CC1CCN(Cc2ccc(F)c(I)c2)CC1. The highest BCUT2D eigenvalue weighted by atomic mass is 127. The number of hydrogen-bond acceptors (Lipinski definition) is 1. The van der Waals surface area contributed by atoms with Crippen LogP contribution in [0.1, 0.15) is 25.3 Å². The van der Waals surface area contributed by atoms with Crippen LogP contribution in [0.2, 0.25) is 0 Å². The second-order valence-corrected chi connectivity index (χ2v) is 5.87. The van der Waals surface area contributed by atoms with Crippen LogP contribution in [0.5, 0.6) is 0 Å². The van der Waals surface area contributed by atoms with Gasteiger partial charge in [0.05, 0.1) is 0 Å². The molecule has 0 spiro atoms. The van der Waals surface area contributed by atoms with Crippen LogP contribution in [0.15, 0.2) is 18.2 Å². The lowest BCUT2D eigenvalue weighted by Crippen LogP contribution is -2.32. The van der Waals surface area contributed by atoms with Crippen LogP contribution >= 0.6 is 22.6 Å². The molecule has 0 aliphatic carbocycles. The Kier molecular flexibility index (Phi) is 4.19. The van der Waals surface area contributed by atoms with Crippen LogP contribution in [0.3, 0.4) is 0 Å². The van der Waals surface area contributed by atoms with E-state index in [-0.39, 0.29) is 5.82 Å². The first-order valence-corrected chi connectivity index (χ1v) is 6.89. The summed E-state index contributed by atoms with van der Waals surface area (Å²) in [5.74, 6) is 0.751. The summed E-state index contributed by atoms with van der Waals surface area (Å²) in [6.07, 6.45) is 2.58. The number of halogens is 2. The van der Waals surface area contributed by atoms with Gasteiger partial charge in [0.15, 0.2) is 0 Å². The molecule has 0 atom stereocenters. The zero-order valence-corrected chi connectivity index (χ0v) is 11.7. The summed E-state index contributed by atoms with van der Waals surface area (Å²) < 4.78 is 13.8. The third-order valence-corrected chi connectivity index (χ3v) is 4.09. The van der Waals surface area contributed by atoms with Crippen LogP contribution in [0.4, 0.5) is 4.39 Å². The van der Waals surface area contributed by atoms with E-state index >= 15 is 0 Å². The van der Waals surface area contributed by atoms with Crippen LogP contribution in [0, 0.1) is 15.3 Å².